The molecule has 0 saturated heterocycles. The van der Waals surface area contributed by atoms with Gasteiger partial charge in [-0.2, -0.15) is 0 Å². The first-order chi connectivity index (χ1) is 32.1. The Hall–Kier alpha value is -0.650. The van der Waals surface area contributed by atoms with E-state index in [4.69, 9.17) is 0 Å². The molecule has 3 atom stereocenters. The average molecular weight is 921 g/mol. The molecule has 5 nitrogen and oxygen atoms in total. The van der Waals surface area contributed by atoms with Crippen LogP contribution in [0.3, 0.4) is 0 Å². The number of nitrogens with one attached hydrogen (secondary N) is 1. The summed E-state index contributed by atoms with van der Waals surface area (Å²) in [6.07, 6.45) is 68.7. The van der Waals surface area contributed by atoms with Gasteiger partial charge in [0.05, 0.1) is 18.8 Å². The first kappa shape index (κ1) is 64.3. The van der Waals surface area contributed by atoms with Crippen molar-refractivity contribution in [3.8, 4) is 0 Å². The van der Waals surface area contributed by atoms with Crippen LogP contribution < -0.4 is 5.32 Å². The predicted octanol–water partition coefficient (Wildman–Crippen LogP) is 18.9. The molecule has 4 N–H and O–H groups in total. The van der Waals surface area contributed by atoms with Crippen molar-refractivity contribution in [2.24, 2.45) is 0 Å². The van der Waals surface area contributed by atoms with Crippen LogP contribution in [0.5, 0.6) is 0 Å². The summed E-state index contributed by atoms with van der Waals surface area (Å²) in [6, 6.07) is -0.804. The molecule has 0 heterocycles. The molecule has 0 aliphatic carbocycles. The number of rotatable bonds is 57. The number of carbonyl (C=O) groups is 1. The SMILES string of the molecule is CCCCCCCCCCCCCCCCCCCCCCCCCCCCCCCCCCCCCCCC(=O)NC(CO)C(O)C(O)CCCCCCCCCCCCCCCC. The maximum absolute atomic E-state index is 12.5. The summed E-state index contributed by atoms with van der Waals surface area (Å²) in [4.78, 5) is 12.5. The summed E-state index contributed by atoms with van der Waals surface area (Å²) in [7, 11) is 0. The highest BCUT2D eigenvalue weighted by Crippen LogP contribution is 2.19. The highest BCUT2D eigenvalue weighted by molar-refractivity contribution is 5.76. The minimum absolute atomic E-state index is 0.136. The molecule has 0 aliphatic heterocycles. The zero-order valence-corrected chi connectivity index (χ0v) is 44.7. The average Bonchev–Trinajstić information content (AvgIpc) is 3.31. The van der Waals surface area contributed by atoms with Gasteiger partial charge in [-0.1, -0.05) is 335 Å². The van der Waals surface area contributed by atoms with Crippen LogP contribution in [0.1, 0.15) is 354 Å². The topological polar surface area (TPSA) is 89.8 Å². The normalized spacial score (nSPS) is 13.1. The molecule has 0 bridgehead atoms. The Balaban J connectivity index is 3.39. The second-order valence-electron chi connectivity index (χ2n) is 21.3. The third-order valence-electron chi connectivity index (χ3n) is 14.7. The second-order valence-corrected chi connectivity index (χ2v) is 21.3. The molecule has 1 amide bonds. The lowest BCUT2D eigenvalue weighted by Gasteiger charge is -2.26. The van der Waals surface area contributed by atoms with Crippen molar-refractivity contribution < 1.29 is 20.1 Å². The molecule has 0 rings (SSSR count). The van der Waals surface area contributed by atoms with Gasteiger partial charge in [-0.05, 0) is 12.8 Å². The Labute approximate surface area is 408 Å². The van der Waals surface area contributed by atoms with Crippen LogP contribution in [-0.4, -0.2) is 46.1 Å². The van der Waals surface area contributed by atoms with Crippen LogP contribution in [-0.2, 0) is 4.79 Å². The van der Waals surface area contributed by atoms with E-state index in [2.05, 4.69) is 19.2 Å². The van der Waals surface area contributed by atoms with Gasteiger partial charge >= 0.3 is 0 Å². The summed E-state index contributed by atoms with van der Waals surface area (Å²) in [5.41, 5.74) is 0. The zero-order valence-electron chi connectivity index (χ0n) is 44.7. The van der Waals surface area contributed by atoms with Crippen molar-refractivity contribution in [2.75, 3.05) is 6.61 Å². The van der Waals surface area contributed by atoms with E-state index in [9.17, 15) is 20.1 Å². The molecule has 0 spiro atoms. The van der Waals surface area contributed by atoms with Crippen molar-refractivity contribution in [2.45, 2.75) is 372 Å². The summed E-state index contributed by atoms with van der Waals surface area (Å²) in [5.74, 6) is -0.136. The van der Waals surface area contributed by atoms with E-state index in [1.54, 1.807) is 0 Å². The van der Waals surface area contributed by atoms with Gasteiger partial charge in [0.1, 0.15) is 6.10 Å². The van der Waals surface area contributed by atoms with Gasteiger partial charge in [-0.25, -0.2) is 0 Å². The van der Waals surface area contributed by atoms with Crippen LogP contribution in [0.25, 0.3) is 0 Å². The number of amides is 1. The molecule has 0 saturated carbocycles. The molecule has 0 aliphatic rings. The van der Waals surface area contributed by atoms with E-state index in [0.717, 1.165) is 32.1 Å². The molecule has 3 unspecified atom stereocenters. The van der Waals surface area contributed by atoms with Gasteiger partial charge in [0, 0.05) is 6.42 Å². The number of aliphatic hydroxyl groups excluding tert-OH is 3. The lowest BCUT2D eigenvalue weighted by atomic mass is 9.99. The fraction of sp³-hybridized carbons (Fsp3) is 0.983. The molecular weight excluding hydrogens is 799 g/mol. The Morgan fingerprint density at radius 2 is 0.523 bits per heavy atom. The lowest BCUT2D eigenvalue weighted by molar-refractivity contribution is -0.124. The van der Waals surface area contributed by atoms with Crippen molar-refractivity contribution in [3.05, 3.63) is 0 Å². The van der Waals surface area contributed by atoms with Crippen molar-refractivity contribution in [1.29, 1.82) is 0 Å². The lowest BCUT2D eigenvalue weighted by Crippen LogP contribution is -2.50. The van der Waals surface area contributed by atoms with Gasteiger partial charge in [0.2, 0.25) is 5.91 Å². The summed E-state index contributed by atoms with van der Waals surface area (Å²) < 4.78 is 0. The minimum Gasteiger partial charge on any atom is -0.394 e. The molecule has 0 aromatic heterocycles. The van der Waals surface area contributed by atoms with Crippen LogP contribution >= 0.6 is 0 Å². The largest absolute Gasteiger partial charge is 0.394 e. The molecule has 0 fully saturated rings. The highest BCUT2D eigenvalue weighted by atomic mass is 16.3. The molecule has 0 aromatic rings. The van der Waals surface area contributed by atoms with Gasteiger partial charge in [-0.15, -0.1) is 0 Å². The van der Waals surface area contributed by atoms with Gasteiger partial charge < -0.3 is 20.6 Å². The van der Waals surface area contributed by atoms with E-state index in [-0.39, 0.29) is 12.5 Å². The maximum Gasteiger partial charge on any atom is 0.220 e. The molecule has 0 aromatic carbocycles. The van der Waals surface area contributed by atoms with Crippen molar-refractivity contribution in [3.63, 3.8) is 0 Å². The molecule has 5 heteroatoms. The number of unbranched alkanes of at least 4 members (excludes halogenated alkanes) is 49. The fourth-order valence-electron chi connectivity index (χ4n) is 10.1. The summed E-state index contributed by atoms with van der Waals surface area (Å²) in [6.45, 7) is 4.22. The van der Waals surface area contributed by atoms with Gasteiger partial charge in [-0.3, -0.25) is 4.79 Å². The molecule has 65 heavy (non-hydrogen) atoms. The van der Waals surface area contributed by atoms with Crippen LogP contribution in [0.15, 0.2) is 0 Å². The number of aliphatic hydroxyl groups is 3. The predicted molar refractivity (Wildman–Crippen MR) is 287 cm³/mol. The monoisotopic (exact) mass is 920 g/mol. The van der Waals surface area contributed by atoms with Crippen LogP contribution in [0, 0.1) is 0 Å². The van der Waals surface area contributed by atoms with Gasteiger partial charge in [0.25, 0.3) is 0 Å². The van der Waals surface area contributed by atoms with Crippen LogP contribution in [0.4, 0.5) is 0 Å². The smallest absolute Gasteiger partial charge is 0.220 e. The molecule has 0 radical (unpaired) electrons. The molecule has 390 valence electrons. The summed E-state index contributed by atoms with van der Waals surface area (Å²) in [5, 5.41) is 33.7. The highest BCUT2D eigenvalue weighted by Gasteiger charge is 2.26. The van der Waals surface area contributed by atoms with Crippen LogP contribution in [0.2, 0.25) is 0 Å². The number of hydrogen-bond donors (Lipinski definition) is 4. The molecular formula is C60H121NO4. The van der Waals surface area contributed by atoms with E-state index < -0.39 is 18.2 Å². The zero-order chi connectivity index (χ0) is 47.2. The van der Waals surface area contributed by atoms with Gasteiger partial charge in [0.15, 0.2) is 0 Å². The maximum atomic E-state index is 12.5. The van der Waals surface area contributed by atoms with E-state index in [1.165, 1.54) is 295 Å². The Bertz CT molecular complexity index is 883. The fourth-order valence-corrected chi connectivity index (χ4v) is 10.1. The van der Waals surface area contributed by atoms with Crippen molar-refractivity contribution in [1.82, 2.24) is 5.32 Å². The minimum atomic E-state index is -1.13. The van der Waals surface area contributed by atoms with Crippen molar-refractivity contribution >= 4 is 5.91 Å². The van der Waals surface area contributed by atoms with E-state index in [0.29, 0.717) is 12.8 Å². The number of hydrogen-bond acceptors (Lipinski definition) is 4. The quantitative estimate of drug-likeness (QED) is 0.0458. The second kappa shape index (κ2) is 55.9. The Kier molecular flexibility index (Phi) is 55.4. The number of carbonyl (C=O) groups excluding carboxylic acids is 1. The Morgan fingerprint density at radius 1 is 0.323 bits per heavy atom. The first-order valence-electron chi connectivity index (χ1n) is 30.3. The summed E-state index contributed by atoms with van der Waals surface area (Å²) >= 11 is 0. The van der Waals surface area contributed by atoms with E-state index >= 15 is 0 Å². The Morgan fingerprint density at radius 3 is 0.738 bits per heavy atom. The third-order valence-corrected chi connectivity index (χ3v) is 14.7. The standard InChI is InChI=1S/C60H121NO4/c1-3-5-7-9-11-13-15-17-19-20-21-22-23-24-25-26-27-28-29-30-31-32-33-34-35-36-37-38-39-40-41-43-45-47-49-51-53-55-59(64)61-57(56-62)60(65)58(63)54-52-50-48-46-44-42-18-16-14-12-10-8-6-4-2/h57-58,60,62-63,65H,3-56H2,1-2H3,(H,61,64). The third kappa shape index (κ3) is 51.0. The first-order valence-corrected chi connectivity index (χ1v) is 30.3. The van der Waals surface area contributed by atoms with E-state index in [1.807, 2.05) is 0 Å².